The van der Waals surface area contributed by atoms with Gasteiger partial charge in [-0.3, -0.25) is 0 Å². The van der Waals surface area contributed by atoms with Crippen molar-refractivity contribution in [2.75, 3.05) is 5.75 Å². The molecular weight excluding hydrogens is 212 g/mol. The molecule has 0 fully saturated rings. The van der Waals surface area contributed by atoms with Crippen LogP contribution in [0.5, 0.6) is 0 Å². The smallest absolute Gasteiger partial charge is 0.211 e. The fourth-order valence-electron chi connectivity index (χ4n) is 1.15. The zero-order valence-corrected chi connectivity index (χ0v) is 9.21. The molecule has 0 atom stereocenters. The maximum absolute atomic E-state index is 11.2. The van der Waals surface area contributed by atoms with E-state index in [1.165, 1.54) is 0 Å². The summed E-state index contributed by atoms with van der Waals surface area (Å²) >= 11 is 0. The average molecular weight is 224 g/mol. The first kappa shape index (κ1) is 11.7. The third-order valence-electron chi connectivity index (χ3n) is 1.83. The van der Waals surface area contributed by atoms with E-state index in [0.29, 0.717) is 0 Å². The molecule has 0 heterocycles. The lowest BCUT2D eigenvalue weighted by Crippen LogP contribution is -2.25. The Kier molecular flexibility index (Phi) is 3.83. The van der Waals surface area contributed by atoms with E-state index in [0.717, 1.165) is 11.1 Å². The zero-order valence-electron chi connectivity index (χ0n) is 8.40. The fourth-order valence-corrected chi connectivity index (χ4v) is 1.81. The Bertz CT molecular complexity index is 474. The van der Waals surface area contributed by atoms with Crippen LogP contribution < -0.4 is 4.72 Å². The van der Waals surface area contributed by atoms with Gasteiger partial charge in [-0.1, -0.05) is 29.8 Å². The second-order valence-electron chi connectivity index (χ2n) is 3.23. The number of aryl methyl sites for hydroxylation is 1. The van der Waals surface area contributed by atoms with Crippen LogP contribution in [0.3, 0.4) is 0 Å². The number of nitrogens with zero attached hydrogens (tertiary/aromatic N) is 1. The van der Waals surface area contributed by atoms with E-state index in [-0.39, 0.29) is 6.54 Å². The minimum absolute atomic E-state index is 0.228. The van der Waals surface area contributed by atoms with Crippen LogP contribution in [0, 0.1) is 18.3 Å². The van der Waals surface area contributed by atoms with Gasteiger partial charge in [-0.15, -0.1) is 0 Å². The van der Waals surface area contributed by atoms with Gasteiger partial charge < -0.3 is 0 Å². The summed E-state index contributed by atoms with van der Waals surface area (Å²) in [5.41, 5.74) is 1.96. The Morgan fingerprint density at radius 2 is 2.20 bits per heavy atom. The Morgan fingerprint density at radius 3 is 2.80 bits per heavy atom. The van der Waals surface area contributed by atoms with Gasteiger partial charge in [0.15, 0.2) is 5.75 Å². The van der Waals surface area contributed by atoms with Crippen LogP contribution in [-0.2, 0) is 16.6 Å². The molecule has 0 spiro atoms. The molecule has 0 bridgehead atoms. The van der Waals surface area contributed by atoms with Gasteiger partial charge in [0.2, 0.25) is 10.0 Å². The SMILES string of the molecule is Cc1cccc(CNS(=O)(=O)CC#N)c1. The van der Waals surface area contributed by atoms with Crippen LogP contribution in [0.15, 0.2) is 24.3 Å². The topological polar surface area (TPSA) is 70.0 Å². The average Bonchev–Trinajstić information content (AvgIpc) is 2.15. The molecule has 0 aliphatic heterocycles. The summed E-state index contributed by atoms with van der Waals surface area (Å²) in [5, 5.41) is 8.27. The molecule has 0 aromatic heterocycles. The number of nitriles is 1. The molecule has 15 heavy (non-hydrogen) atoms. The van der Waals surface area contributed by atoms with Gasteiger partial charge in [-0.05, 0) is 12.5 Å². The van der Waals surface area contributed by atoms with Crippen molar-refractivity contribution in [3.05, 3.63) is 35.4 Å². The molecule has 4 nitrogen and oxygen atoms in total. The summed E-state index contributed by atoms with van der Waals surface area (Å²) in [5.74, 6) is -0.501. The van der Waals surface area contributed by atoms with Crippen molar-refractivity contribution in [2.45, 2.75) is 13.5 Å². The highest BCUT2D eigenvalue weighted by Gasteiger charge is 2.08. The third kappa shape index (κ3) is 4.11. The quantitative estimate of drug-likeness (QED) is 0.827. The summed E-state index contributed by atoms with van der Waals surface area (Å²) in [6, 6.07) is 9.14. The first-order valence-electron chi connectivity index (χ1n) is 4.43. The van der Waals surface area contributed by atoms with Crippen LogP contribution in [0.25, 0.3) is 0 Å². The maximum Gasteiger partial charge on any atom is 0.225 e. The normalized spacial score (nSPS) is 10.9. The molecule has 1 N–H and O–H groups in total. The highest BCUT2D eigenvalue weighted by atomic mass is 32.2. The molecule has 1 aromatic carbocycles. The molecule has 5 heteroatoms. The van der Waals surface area contributed by atoms with Gasteiger partial charge in [0, 0.05) is 6.54 Å². The molecule has 1 aromatic rings. The number of hydrogen-bond acceptors (Lipinski definition) is 3. The van der Waals surface area contributed by atoms with Crippen molar-refractivity contribution >= 4 is 10.0 Å². The highest BCUT2D eigenvalue weighted by molar-refractivity contribution is 7.89. The van der Waals surface area contributed by atoms with E-state index in [9.17, 15) is 8.42 Å². The molecule has 0 saturated heterocycles. The van der Waals surface area contributed by atoms with Crippen molar-refractivity contribution < 1.29 is 8.42 Å². The van der Waals surface area contributed by atoms with Gasteiger partial charge in [-0.2, -0.15) is 5.26 Å². The first-order chi connectivity index (χ1) is 7.03. The second-order valence-corrected chi connectivity index (χ2v) is 5.03. The maximum atomic E-state index is 11.2. The van der Waals surface area contributed by atoms with Gasteiger partial charge in [0.05, 0.1) is 6.07 Å². The zero-order chi connectivity index (χ0) is 11.3. The van der Waals surface area contributed by atoms with Gasteiger partial charge >= 0.3 is 0 Å². The van der Waals surface area contributed by atoms with Crippen LogP contribution in [0.2, 0.25) is 0 Å². The summed E-state index contributed by atoms with van der Waals surface area (Å²) in [4.78, 5) is 0. The lowest BCUT2D eigenvalue weighted by atomic mass is 10.1. The van der Waals surface area contributed by atoms with Crippen molar-refractivity contribution in [1.82, 2.24) is 4.72 Å². The highest BCUT2D eigenvalue weighted by Crippen LogP contribution is 2.03. The van der Waals surface area contributed by atoms with E-state index in [1.807, 2.05) is 31.2 Å². The Labute approximate surface area is 89.6 Å². The predicted octanol–water partition coefficient (Wildman–Crippen LogP) is 0.938. The molecule has 0 unspecified atom stereocenters. The van der Waals surface area contributed by atoms with Crippen molar-refractivity contribution in [3.8, 4) is 6.07 Å². The van der Waals surface area contributed by atoms with Crippen molar-refractivity contribution in [2.24, 2.45) is 0 Å². The van der Waals surface area contributed by atoms with Gasteiger partial charge in [-0.25, -0.2) is 13.1 Å². The van der Waals surface area contributed by atoms with E-state index >= 15 is 0 Å². The van der Waals surface area contributed by atoms with Crippen LogP contribution in [0.4, 0.5) is 0 Å². The fraction of sp³-hybridized carbons (Fsp3) is 0.300. The third-order valence-corrected chi connectivity index (χ3v) is 2.93. The van der Waals surface area contributed by atoms with E-state index in [1.54, 1.807) is 6.07 Å². The number of hydrogen-bond donors (Lipinski definition) is 1. The Balaban J connectivity index is 2.62. The predicted molar refractivity (Wildman–Crippen MR) is 57.4 cm³/mol. The molecule has 0 radical (unpaired) electrons. The summed E-state index contributed by atoms with van der Waals surface area (Å²) in [6.07, 6.45) is 0. The summed E-state index contributed by atoms with van der Waals surface area (Å²) < 4.78 is 24.7. The first-order valence-corrected chi connectivity index (χ1v) is 6.08. The van der Waals surface area contributed by atoms with Crippen molar-refractivity contribution in [3.63, 3.8) is 0 Å². The molecular formula is C10H12N2O2S. The molecule has 0 aliphatic carbocycles. The van der Waals surface area contributed by atoms with Crippen molar-refractivity contribution in [1.29, 1.82) is 5.26 Å². The monoisotopic (exact) mass is 224 g/mol. The number of nitrogens with one attached hydrogen (secondary N) is 1. The summed E-state index contributed by atoms with van der Waals surface area (Å²) in [6.45, 7) is 2.17. The van der Waals surface area contributed by atoms with Crippen LogP contribution in [-0.4, -0.2) is 14.2 Å². The van der Waals surface area contributed by atoms with Gasteiger partial charge in [0.25, 0.3) is 0 Å². The minimum Gasteiger partial charge on any atom is -0.211 e. The van der Waals surface area contributed by atoms with E-state index in [2.05, 4.69) is 4.72 Å². The number of benzene rings is 1. The lowest BCUT2D eigenvalue weighted by Gasteiger charge is -2.04. The molecule has 80 valence electrons. The standard InChI is InChI=1S/C10H12N2O2S/c1-9-3-2-4-10(7-9)8-12-15(13,14)6-5-11/h2-4,7,12H,6,8H2,1H3. The molecule has 0 aliphatic rings. The second kappa shape index (κ2) is 4.91. The number of sulfonamides is 1. The molecule has 1 rings (SSSR count). The Morgan fingerprint density at radius 1 is 1.47 bits per heavy atom. The van der Waals surface area contributed by atoms with Crippen LogP contribution >= 0.6 is 0 Å². The largest absolute Gasteiger partial charge is 0.225 e. The summed E-state index contributed by atoms with van der Waals surface area (Å²) in [7, 11) is -3.45. The number of rotatable bonds is 4. The Hall–Kier alpha value is -1.38. The van der Waals surface area contributed by atoms with Crippen LogP contribution in [0.1, 0.15) is 11.1 Å². The minimum atomic E-state index is -3.45. The van der Waals surface area contributed by atoms with Gasteiger partial charge in [0.1, 0.15) is 0 Å². The molecule has 0 amide bonds. The lowest BCUT2D eigenvalue weighted by molar-refractivity contribution is 0.585. The van der Waals surface area contributed by atoms with E-state index < -0.39 is 15.8 Å². The molecule has 0 saturated carbocycles. The van der Waals surface area contributed by atoms with E-state index in [4.69, 9.17) is 5.26 Å².